The van der Waals surface area contributed by atoms with Gasteiger partial charge in [-0.2, -0.15) is 10.1 Å². The Morgan fingerprint density at radius 1 is 1.18 bits per heavy atom. The van der Waals surface area contributed by atoms with E-state index in [1.807, 2.05) is 19.1 Å². The number of aliphatic hydroxyl groups is 1. The van der Waals surface area contributed by atoms with Crippen molar-refractivity contribution in [3.8, 4) is 5.82 Å². The molecule has 3 aromatic heterocycles. The standard InChI is InChI=1S/C22H21ClN8O2/c1-14-9-25-21(27-17-6-3-7-24-10-17)30-20(14)31-12-18(11-26-31)28-22(33)29-19(13-32)15-4-2-5-16(23)8-15/h2-12,19,32H,13H2,1H3,(H,25,27,30)(H2,28,29,33)/t19-/m1/s1. The molecule has 10 nitrogen and oxygen atoms in total. The summed E-state index contributed by atoms with van der Waals surface area (Å²) in [6.45, 7) is 1.58. The lowest BCUT2D eigenvalue weighted by Crippen LogP contribution is -2.34. The summed E-state index contributed by atoms with van der Waals surface area (Å²) in [6.07, 6.45) is 8.16. The highest BCUT2D eigenvalue weighted by Gasteiger charge is 2.15. The molecule has 0 spiro atoms. The van der Waals surface area contributed by atoms with Gasteiger partial charge in [0.05, 0.1) is 42.6 Å². The first-order chi connectivity index (χ1) is 16.0. The van der Waals surface area contributed by atoms with Crippen molar-refractivity contribution in [1.82, 2.24) is 30.0 Å². The Morgan fingerprint density at radius 2 is 2.06 bits per heavy atom. The van der Waals surface area contributed by atoms with E-state index in [9.17, 15) is 9.90 Å². The van der Waals surface area contributed by atoms with Crippen LogP contribution in [0.15, 0.2) is 67.4 Å². The van der Waals surface area contributed by atoms with Crippen LogP contribution >= 0.6 is 11.6 Å². The van der Waals surface area contributed by atoms with Crippen LogP contribution in [0.2, 0.25) is 5.02 Å². The van der Waals surface area contributed by atoms with Crippen molar-refractivity contribution in [3.63, 3.8) is 0 Å². The number of urea groups is 1. The Bertz CT molecular complexity index is 1250. The first-order valence-electron chi connectivity index (χ1n) is 10.0. The van der Waals surface area contributed by atoms with E-state index >= 15 is 0 Å². The minimum Gasteiger partial charge on any atom is -0.394 e. The second-order valence-corrected chi connectivity index (χ2v) is 7.57. The molecule has 3 heterocycles. The number of carbonyl (C=O) groups excluding carboxylic acids is 1. The average molecular weight is 465 g/mol. The second-order valence-electron chi connectivity index (χ2n) is 7.13. The fraction of sp³-hybridized carbons (Fsp3) is 0.136. The summed E-state index contributed by atoms with van der Waals surface area (Å²) < 4.78 is 1.54. The van der Waals surface area contributed by atoms with E-state index in [2.05, 4.69) is 36.0 Å². The van der Waals surface area contributed by atoms with E-state index < -0.39 is 12.1 Å². The molecule has 0 aliphatic carbocycles. The maximum Gasteiger partial charge on any atom is 0.319 e. The number of aliphatic hydroxyl groups excluding tert-OH is 1. The highest BCUT2D eigenvalue weighted by molar-refractivity contribution is 6.30. The molecular formula is C22H21ClN8O2. The van der Waals surface area contributed by atoms with Crippen LogP contribution < -0.4 is 16.0 Å². The number of carbonyl (C=O) groups is 1. The summed E-state index contributed by atoms with van der Waals surface area (Å²) in [5, 5.41) is 23.0. The van der Waals surface area contributed by atoms with Crippen LogP contribution in [-0.4, -0.2) is 42.5 Å². The van der Waals surface area contributed by atoms with Crippen molar-refractivity contribution in [2.75, 3.05) is 17.2 Å². The smallest absolute Gasteiger partial charge is 0.319 e. The lowest BCUT2D eigenvalue weighted by molar-refractivity contribution is 0.225. The van der Waals surface area contributed by atoms with E-state index in [1.165, 1.54) is 6.20 Å². The third-order valence-electron chi connectivity index (χ3n) is 4.66. The molecule has 4 N–H and O–H groups in total. The lowest BCUT2D eigenvalue weighted by Gasteiger charge is -2.17. The topological polar surface area (TPSA) is 130 Å². The monoisotopic (exact) mass is 464 g/mol. The van der Waals surface area contributed by atoms with E-state index in [4.69, 9.17) is 11.6 Å². The van der Waals surface area contributed by atoms with Crippen molar-refractivity contribution < 1.29 is 9.90 Å². The van der Waals surface area contributed by atoms with E-state index in [1.54, 1.807) is 53.7 Å². The van der Waals surface area contributed by atoms with Crippen LogP contribution in [0, 0.1) is 6.92 Å². The number of hydrogen-bond donors (Lipinski definition) is 4. The van der Waals surface area contributed by atoms with Gasteiger partial charge in [0, 0.05) is 23.0 Å². The van der Waals surface area contributed by atoms with Gasteiger partial charge < -0.3 is 21.1 Å². The molecule has 4 rings (SSSR count). The van der Waals surface area contributed by atoms with Crippen molar-refractivity contribution in [3.05, 3.63) is 83.5 Å². The van der Waals surface area contributed by atoms with Gasteiger partial charge in [-0.3, -0.25) is 4.98 Å². The number of halogens is 1. The summed E-state index contributed by atoms with van der Waals surface area (Å²) >= 11 is 6.00. The molecule has 0 aliphatic rings. The number of amides is 2. The maximum atomic E-state index is 12.5. The predicted molar refractivity (Wildman–Crippen MR) is 125 cm³/mol. The van der Waals surface area contributed by atoms with Gasteiger partial charge in [-0.05, 0) is 36.8 Å². The fourth-order valence-corrected chi connectivity index (χ4v) is 3.28. The second kappa shape index (κ2) is 10.1. The number of rotatable bonds is 7. The summed E-state index contributed by atoms with van der Waals surface area (Å²) in [6, 6.07) is 9.51. The van der Waals surface area contributed by atoms with Crippen LogP contribution in [-0.2, 0) is 0 Å². The van der Waals surface area contributed by atoms with Crippen LogP contribution in [0.3, 0.4) is 0 Å². The molecule has 0 unspecified atom stereocenters. The van der Waals surface area contributed by atoms with Gasteiger partial charge in [0.15, 0.2) is 5.82 Å². The number of benzene rings is 1. The van der Waals surface area contributed by atoms with Crippen molar-refractivity contribution in [1.29, 1.82) is 0 Å². The number of hydrogen-bond acceptors (Lipinski definition) is 7. The number of nitrogens with one attached hydrogen (secondary N) is 3. The van der Waals surface area contributed by atoms with E-state index in [0.717, 1.165) is 11.3 Å². The van der Waals surface area contributed by atoms with Crippen LogP contribution in [0.5, 0.6) is 0 Å². The molecule has 1 aromatic carbocycles. The van der Waals surface area contributed by atoms with Gasteiger partial charge in [0.2, 0.25) is 5.95 Å². The molecule has 33 heavy (non-hydrogen) atoms. The molecule has 1 atom stereocenters. The zero-order valence-electron chi connectivity index (χ0n) is 17.6. The van der Waals surface area contributed by atoms with Crippen molar-refractivity contribution in [2.24, 2.45) is 0 Å². The minimum atomic E-state index is -0.607. The fourth-order valence-electron chi connectivity index (χ4n) is 3.08. The largest absolute Gasteiger partial charge is 0.394 e. The Balaban J connectivity index is 1.45. The molecule has 0 saturated heterocycles. The van der Waals surface area contributed by atoms with Crippen molar-refractivity contribution >= 4 is 35.0 Å². The van der Waals surface area contributed by atoms with Gasteiger partial charge in [-0.1, -0.05) is 23.7 Å². The van der Waals surface area contributed by atoms with E-state index in [0.29, 0.717) is 28.0 Å². The van der Waals surface area contributed by atoms with Gasteiger partial charge in [0.1, 0.15) is 0 Å². The number of pyridine rings is 1. The summed E-state index contributed by atoms with van der Waals surface area (Å²) in [5.41, 5.74) is 2.70. The van der Waals surface area contributed by atoms with Gasteiger partial charge >= 0.3 is 6.03 Å². The Kier molecular flexibility index (Phi) is 6.77. The molecule has 11 heteroatoms. The first-order valence-corrected chi connectivity index (χ1v) is 10.4. The zero-order valence-corrected chi connectivity index (χ0v) is 18.4. The van der Waals surface area contributed by atoms with Gasteiger partial charge in [-0.25, -0.2) is 14.5 Å². The van der Waals surface area contributed by atoms with E-state index in [-0.39, 0.29) is 6.61 Å². The molecule has 0 saturated carbocycles. The molecule has 0 bridgehead atoms. The number of aromatic nitrogens is 5. The molecule has 0 radical (unpaired) electrons. The summed E-state index contributed by atoms with van der Waals surface area (Å²) in [4.78, 5) is 25.3. The van der Waals surface area contributed by atoms with Crippen molar-refractivity contribution in [2.45, 2.75) is 13.0 Å². The third-order valence-corrected chi connectivity index (χ3v) is 4.89. The Labute approximate surface area is 194 Å². The minimum absolute atomic E-state index is 0.278. The molecule has 168 valence electrons. The first kappa shape index (κ1) is 22.2. The Hall–Kier alpha value is -4.02. The van der Waals surface area contributed by atoms with Crippen LogP contribution in [0.4, 0.5) is 22.1 Å². The average Bonchev–Trinajstić information content (AvgIpc) is 3.27. The summed E-state index contributed by atoms with van der Waals surface area (Å²) in [5.74, 6) is 0.940. The molecular weight excluding hydrogens is 444 g/mol. The maximum absolute atomic E-state index is 12.5. The normalized spacial score (nSPS) is 11.6. The highest BCUT2D eigenvalue weighted by Crippen LogP contribution is 2.19. The quantitative estimate of drug-likeness (QED) is 0.328. The molecule has 2 amide bonds. The number of anilines is 3. The van der Waals surface area contributed by atoms with Crippen LogP contribution in [0.1, 0.15) is 17.2 Å². The molecule has 4 aromatic rings. The lowest BCUT2D eigenvalue weighted by atomic mass is 10.1. The van der Waals surface area contributed by atoms with Crippen LogP contribution in [0.25, 0.3) is 5.82 Å². The summed E-state index contributed by atoms with van der Waals surface area (Å²) in [7, 11) is 0. The molecule has 0 aliphatic heterocycles. The SMILES string of the molecule is Cc1cnc(Nc2cccnc2)nc1-n1cc(NC(=O)N[C@H](CO)c2cccc(Cl)c2)cn1. The number of nitrogens with zero attached hydrogens (tertiary/aromatic N) is 5. The van der Waals surface area contributed by atoms with Gasteiger partial charge in [0.25, 0.3) is 0 Å². The third kappa shape index (κ3) is 5.62. The van der Waals surface area contributed by atoms with Gasteiger partial charge in [-0.15, -0.1) is 0 Å². The predicted octanol–water partition coefficient (Wildman–Crippen LogP) is 3.62. The number of aryl methyl sites for hydroxylation is 1. The molecule has 0 fully saturated rings. The highest BCUT2D eigenvalue weighted by atomic mass is 35.5. The Morgan fingerprint density at radius 3 is 2.82 bits per heavy atom. The zero-order chi connectivity index (χ0) is 23.2.